The van der Waals surface area contributed by atoms with Crippen LogP contribution in [0.3, 0.4) is 0 Å². The maximum atomic E-state index is 13.3. The molecule has 1 atom stereocenters. The van der Waals surface area contributed by atoms with E-state index >= 15 is 0 Å². The number of benzene rings is 3. The molecule has 4 rings (SSSR count). The van der Waals surface area contributed by atoms with Gasteiger partial charge in [-0.1, -0.05) is 36.4 Å². The van der Waals surface area contributed by atoms with Crippen molar-refractivity contribution in [1.29, 1.82) is 0 Å². The number of hydrazone groups is 1. The molecule has 152 valence electrons. The molecule has 0 aromatic heterocycles. The lowest BCUT2D eigenvalue weighted by atomic mass is 10.0. The van der Waals surface area contributed by atoms with E-state index < -0.39 is 6.17 Å². The lowest BCUT2D eigenvalue weighted by molar-refractivity contribution is 0.0689. The van der Waals surface area contributed by atoms with Gasteiger partial charge < -0.3 is 15.3 Å². The molecular weight excluding hydrogens is 376 g/mol. The lowest BCUT2D eigenvalue weighted by Gasteiger charge is -2.35. The average Bonchev–Trinajstić information content (AvgIpc) is 2.76. The highest BCUT2D eigenvalue weighted by Crippen LogP contribution is 2.34. The van der Waals surface area contributed by atoms with Crippen LogP contribution in [0, 0.1) is 0 Å². The van der Waals surface area contributed by atoms with E-state index in [1.54, 1.807) is 31.2 Å². The Kier molecular flexibility index (Phi) is 5.14. The van der Waals surface area contributed by atoms with Crippen LogP contribution in [0.15, 0.2) is 77.9 Å². The van der Waals surface area contributed by atoms with E-state index in [-0.39, 0.29) is 11.7 Å². The number of fused-ring (bicyclic) bond motifs is 1. The second-order valence-electron chi connectivity index (χ2n) is 7.43. The van der Waals surface area contributed by atoms with Gasteiger partial charge in [-0.2, -0.15) is 5.10 Å². The maximum Gasteiger partial charge on any atom is 0.278 e. The summed E-state index contributed by atoms with van der Waals surface area (Å²) in [5.41, 5.74) is 4.46. The van der Waals surface area contributed by atoms with Gasteiger partial charge >= 0.3 is 0 Å². The van der Waals surface area contributed by atoms with Crippen molar-refractivity contribution in [1.82, 2.24) is 5.01 Å². The van der Waals surface area contributed by atoms with E-state index in [2.05, 4.69) is 10.4 Å². The zero-order valence-electron chi connectivity index (χ0n) is 17.2. The normalized spacial score (nSPS) is 16.1. The molecule has 6 heteroatoms. The summed E-state index contributed by atoms with van der Waals surface area (Å²) in [6.07, 6.45) is -0.468. The van der Waals surface area contributed by atoms with Crippen LogP contribution in [0.2, 0.25) is 0 Å². The predicted octanol–water partition coefficient (Wildman–Crippen LogP) is 4.45. The number of para-hydroxylation sites is 2. The summed E-state index contributed by atoms with van der Waals surface area (Å²) in [6.45, 7) is 1.79. The van der Waals surface area contributed by atoms with Gasteiger partial charge in [0.25, 0.3) is 5.91 Å². The molecule has 0 aliphatic carbocycles. The van der Waals surface area contributed by atoms with Crippen molar-refractivity contribution in [2.45, 2.75) is 13.1 Å². The number of hydrogen-bond donors (Lipinski definition) is 2. The van der Waals surface area contributed by atoms with Gasteiger partial charge in [-0.05, 0) is 48.9 Å². The zero-order chi connectivity index (χ0) is 21.3. The molecule has 0 saturated carbocycles. The van der Waals surface area contributed by atoms with Crippen LogP contribution in [0.5, 0.6) is 5.75 Å². The Balaban J connectivity index is 1.78. The highest BCUT2D eigenvalue weighted by atomic mass is 16.3. The number of amides is 1. The minimum Gasteiger partial charge on any atom is -0.507 e. The largest absolute Gasteiger partial charge is 0.507 e. The summed E-state index contributed by atoms with van der Waals surface area (Å²) in [5, 5.41) is 19.7. The fourth-order valence-corrected chi connectivity index (χ4v) is 3.52. The van der Waals surface area contributed by atoms with Gasteiger partial charge in [0.1, 0.15) is 5.75 Å². The first-order valence-electron chi connectivity index (χ1n) is 9.75. The van der Waals surface area contributed by atoms with Gasteiger partial charge in [0.2, 0.25) is 0 Å². The van der Waals surface area contributed by atoms with Crippen LogP contribution in [-0.2, 0) is 0 Å². The third-order valence-corrected chi connectivity index (χ3v) is 5.18. The van der Waals surface area contributed by atoms with Crippen molar-refractivity contribution >= 4 is 23.0 Å². The molecule has 6 nitrogen and oxygen atoms in total. The minimum atomic E-state index is -0.468. The SMILES string of the molecule is C/C(=N\N1C(=O)c2ccccc2NC1c1ccc(N(C)C)cc1)c1ccccc1O. The molecule has 1 heterocycles. The molecule has 1 amide bonds. The van der Waals surface area contributed by atoms with Crippen molar-refractivity contribution in [2.24, 2.45) is 5.10 Å². The van der Waals surface area contributed by atoms with E-state index in [0.29, 0.717) is 16.8 Å². The van der Waals surface area contributed by atoms with Crippen molar-refractivity contribution in [2.75, 3.05) is 24.3 Å². The Morgan fingerprint density at radius 3 is 2.37 bits per heavy atom. The van der Waals surface area contributed by atoms with E-state index in [4.69, 9.17) is 0 Å². The van der Waals surface area contributed by atoms with Crippen molar-refractivity contribution in [3.05, 3.63) is 89.5 Å². The Morgan fingerprint density at radius 1 is 1.00 bits per heavy atom. The van der Waals surface area contributed by atoms with E-state index in [1.165, 1.54) is 5.01 Å². The van der Waals surface area contributed by atoms with Gasteiger partial charge in [0.15, 0.2) is 6.17 Å². The molecule has 30 heavy (non-hydrogen) atoms. The molecule has 1 aliphatic rings. The molecule has 0 saturated heterocycles. The third kappa shape index (κ3) is 3.59. The molecule has 1 unspecified atom stereocenters. The smallest absolute Gasteiger partial charge is 0.278 e. The molecule has 0 bridgehead atoms. The number of carbonyl (C=O) groups excluding carboxylic acids is 1. The number of nitrogens with one attached hydrogen (secondary N) is 1. The first-order valence-corrected chi connectivity index (χ1v) is 9.75. The van der Waals surface area contributed by atoms with Crippen LogP contribution in [-0.4, -0.2) is 35.8 Å². The van der Waals surface area contributed by atoms with Crippen molar-refractivity contribution < 1.29 is 9.90 Å². The van der Waals surface area contributed by atoms with Gasteiger partial charge in [0.05, 0.1) is 11.3 Å². The lowest BCUT2D eigenvalue weighted by Crippen LogP contribution is -2.40. The van der Waals surface area contributed by atoms with Gasteiger partial charge in [0, 0.05) is 31.0 Å². The molecular formula is C24H24N4O2. The Labute approximate surface area is 176 Å². The first kappa shape index (κ1) is 19.5. The number of hydrogen-bond acceptors (Lipinski definition) is 5. The van der Waals surface area contributed by atoms with E-state index in [9.17, 15) is 9.90 Å². The van der Waals surface area contributed by atoms with Gasteiger partial charge in [-0.3, -0.25) is 4.79 Å². The highest BCUT2D eigenvalue weighted by Gasteiger charge is 2.33. The van der Waals surface area contributed by atoms with Gasteiger partial charge in [-0.25, -0.2) is 5.01 Å². The molecule has 0 radical (unpaired) electrons. The van der Waals surface area contributed by atoms with Crippen molar-refractivity contribution in [3.8, 4) is 5.75 Å². The Bertz CT molecular complexity index is 1110. The third-order valence-electron chi connectivity index (χ3n) is 5.18. The number of aromatic hydroxyl groups is 1. The van der Waals surface area contributed by atoms with E-state index in [0.717, 1.165) is 16.9 Å². The number of anilines is 2. The number of nitrogens with zero attached hydrogens (tertiary/aromatic N) is 3. The predicted molar refractivity (Wildman–Crippen MR) is 120 cm³/mol. The van der Waals surface area contributed by atoms with Crippen LogP contribution < -0.4 is 10.2 Å². The summed E-state index contributed by atoms with van der Waals surface area (Å²) in [7, 11) is 3.97. The molecule has 0 spiro atoms. The molecule has 3 aromatic carbocycles. The topological polar surface area (TPSA) is 68.2 Å². The van der Waals surface area contributed by atoms with E-state index in [1.807, 2.05) is 67.5 Å². The summed E-state index contributed by atoms with van der Waals surface area (Å²) in [4.78, 5) is 15.4. The molecule has 3 aromatic rings. The fourth-order valence-electron chi connectivity index (χ4n) is 3.52. The average molecular weight is 400 g/mol. The fraction of sp³-hybridized carbons (Fsp3) is 0.167. The molecule has 0 fully saturated rings. The number of phenolic OH excluding ortho intramolecular Hbond substituents is 1. The number of rotatable bonds is 4. The zero-order valence-corrected chi connectivity index (χ0v) is 17.2. The number of carbonyl (C=O) groups is 1. The molecule has 1 aliphatic heterocycles. The quantitative estimate of drug-likeness (QED) is 0.635. The summed E-state index contributed by atoms with van der Waals surface area (Å²) >= 11 is 0. The van der Waals surface area contributed by atoms with Crippen LogP contribution in [0.4, 0.5) is 11.4 Å². The molecule has 2 N–H and O–H groups in total. The summed E-state index contributed by atoms with van der Waals surface area (Å²) in [6, 6.07) is 22.4. The maximum absolute atomic E-state index is 13.3. The minimum absolute atomic E-state index is 0.128. The monoisotopic (exact) mass is 400 g/mol. The highest BCUT2D eigenvalue weighted by molar-refractivity contribution is 6.05. The number of phenols is 1. The van der Waals surface area contributed by atoms with Crippen LogP contribution in [0.25, 0.3) is 0 Å². The van der Waals surface area contributed by atoms with Crippen LogP contribution >= 0.6 is 0 Å². The Morgan fingerprint density at radius 2 is 1.67 bits per heavy atom. The second kappa shape index (κ2) is 7.91. The second-order valence-corrected chi connectivity index (χ2v) is 7.43. The Hall–Kier alpha value is -3.80. The van der Waals surface area contributed by atoms with Crippen LogP contribution in [0.1, 0.15) is 34.6 Å². The first-order chi connectivity index (χ1) is 14.5. The van der Waals surface area contributed by atoms with Crippen molar-refractivity contribution in [3.63, 3.8) is 0 Å². The summed E-state index contributed by atoms with van der Waals surface area (Å²) < 4.78 is 0. The van der Waals surface area contributed by atoms with Gasteiger partial charge in [-0.15, -0.1) is 0 Å². The summed E-state index contributed by atoms with van der Waals surface area (Å²) in [5.74, 6) is -0.0655. The standard InChI is InChI=1S/C24H24N4O2/c1-16(19-8-5-7-11-22(19)29)26-28-23(17-12-14-18(15-13-17)27(2)3)25-21-10-6-4-9-20(21)24(28)30/h4-15,23,25,29H,1-3H3/b26-16+.